The van der Waals surface area contributed by atoms with Crippen LogP contribution < -0.4 is 0 Å². The Morgan fingerprint density at radius 1 is 0.290 bits per heavy atom. The van der Waals surface area contributed by atoms with E-state index in [-0.39, 0.29) is 25.7 Å². The Hall–Kier alpha value is -1.94. The molecule has 0 amide bonds. The van der Waals surface area contributed by atoms with Crippen molar-refractivity contribution in [1.82, 2.24) is 0 Å². The number of rotatable bonds is 80. The number of unbranched alkanes of at least 4 members (excludes halogenated alkanes) is 49. The Balaban J connectivity index is 5.24. The summed E-state index contributed by atoms with van der Waals surface area (Å²) in [4.78, 5) is 73.0. The van der Waals surface area contributed by atoms with Crippen molar-refractivity contribution in [2.45, 2.75) is 445 Å². The van der Waals surface area contributed by atoms with E-state index in [0.29, 0.717) is 25.7 Å². The Morgan fingerprint density at radius 2 is 0.510 bits per heavy atom. The van der Waals surface area contributed by atoms with Gasteiger partial charge in [-0.15, -0.1) is 0 Å². The Labute approximate surface area is 613 Å². The molecule has 0 aromatic rings. The van der Waals surface area contributed by atoms with Crippen molar-refractivity contribution >= 4 is 39.5 Å². The van der Waals surface area contributed by atoms with Crippen LogP contribution >= 0.6 is 15.6 Å². The molecule has 6 atom stereocenters. The van der Waals surface area contributed by atoms with Crippen LogP contribution in [0.3, 0.4) is 0 Å². The molecule has 0 saturated carbocycles. The first kappa shape index (κ1) is 98.1. The van der Waals surface area contributed by atoms with Crippen molar-refractivity contribution in [3.05, 3.63) is 0 Å². The zero-order valence-electron chi connectivity index (χ0n) is 65.5. The SMILES string of the molecule is CCCCCCCCCCCCCCCCCCCC(=O)OC[C@H](COP(=O)(O)OC[C@@H](O)COP(=O)(O)OC[C@@H](COC(=O)CCCCCCCCC(C)CC)OC(=O)CCCCCCCCCCCCCCCC)OC(=O)CCCCCCCCCCCCCCCCCCC(C)C. The molecule has 100 heavy (non-hydrogen) atoms. The summed E-state index contributed by atoms with van der Waals surface area (Å²) in [6.07, 6.45) is 62.4. The first-order valence-electron chi connectivity index (χ1n) is 42.0. The van der Waals surface area contributed by atoms with Crippen molar-refractivity contribution in [3.8, 4) is 0 Å². The smallest absolute Gasteiger partial charge is 0.462 e. The topological polar surface area (TPSA) is 237 Å². The molecule has 0 rings (SSSR count). The number of phosphoric acid groups is 2. The summed E-state index contributed by atoms with van der Waals surface area (Å²) in [6, 6.07) is 0. The normalized spacial score (nSPS) is 14.2. The molecule has 0 aromatic heterocycles. The van der Waals surface area contributed by atoms with Crippen LogP contribution in [-0.4, -0.2) is 96.7 Å². The molecular formula is C81H158O17P2. The third-order valence-corrected chi connectivity index (χ3v) is 21.2. The Kier molecular flexibility index (Phi) is 71.2. The van der Waals surface area contributed by atoms with E-state index >= 15 is 0 Å². The van der Waals surface area contributed by atoms with Crippen molar-refractivity contribution in [1.29, 1.82) is 0 Å². The third-order valence-electron chi connectivity index (χ3n) is 19.3. The highest BCUT2D eigenvalue weighted by Gasteiger charge is 2.30. The summed E-state index contributed by atoms with van der Waals surface area (Å²) in [5, 5.41) is 10.6. The van der Waals surface area contributed by atoms with Crippen LogP contribution in [0.2, 0.25) is 0 Å². The standard InChI is InChI=1S/C81H158O17P2/c1-7-10-12-14-16-18-20-22-24-25-29-33-36-40-44-51-57-63-78(83)91-69-76(97-80(85)66-60-54-46-42-38-34-30-27-26-28-31-35-39-43-49-55-61-73(4)5)71-95-99(87,88)93-67-75(82)68-94-100(89,90)96-72-77(70-92-79(84)64-58-52-48-47-50-56-62-74(6)9-3)98-81(86)65-59-53-45-41-37-32-23-21-19-17-15-13-11-8-2/h73-77,82H,7-72H2,1-6H3,(H,87,88)(H,89,90)/t74?,75-,76-,77-/m1/s1. The van der Waals surface area contributed by atoms with Gasteiger partial charge in [-0.05, 0) is 37.5 Å². The van der Waals surface area contributed by atoms with Gasteiger partial charge >= 0.3 is 39.5 Å². The maximum absolute atomic E-state index is 13.1. The van der Waals surface area contributed by atoms with Gasteiger partial charge in [0.2, 0.25) is 0 Å². The molecule has 0 saturated heterocycles. The molecule has 0 fully saturated rings. The fourth-order valence-electron chi connectivity index (χ4n) is 12.5. The maximum atomic E-state index is 13.1. The summed E-state index contributed by atoms with van der Waals surface area (Å²) >= 11 is 0. The Morgan fingerprint density at radius 3 is 0.760 bits per heavy atom. The van der Waals surface area contributed by atoms with Gasteiger partial charge in [-0.2, -0.15) is 0 Å². The number of hydrogen-bond donors (Lipinski definition) is 3. The fourth-order valence-corrected chi connectivity index (χ4v) is 14.1. The number of aliphatic hydroxyl groups excluding tert-OH is 1. The largest absolute Gasteiger partial charge is 0.472 e. The van der Waals surface area contributed by atoms with Crippen molar-refractivity contribution in [2.75, 3.05) is 39.6 Å². The molecule has 0 aliphatic rings. The molecule has 0 spiro atoms. The van der Waals surface area contributed by atoms with E-state index in [1.54, 1.807) is 0 Å². The maximum Gasteiger partial charge on any atom is 0.472 e. The minimum absolute atomic E-state index is 0.107. The van der Waals surface area contributed by atoms with Gasteiger partial charge in [0.05, 0.1) is 26.4 Å². The van der Waals surface area contributed by atoms with E-state index in [4.69, 9.17) is 37.0 Å². The highest BCUT2D eigenvalue weighted by molar-refractivity contribution is 7.47. The van der Waals surface area contributed by atoms with Gasteiger partial charge in [-0.25, -0.2) is 9.13 Å². The quantitative estimate of drug-likeness (QED) is 0.0222. The summed E-state index contributed by atoms with van der Waals surface area (Å²) in [6.45, 7) is 9.63. The number of ether oxygens (including phenoxy) is 4. The molecule has 3 N–H and O–H groups in total. The van der Waals surface area contributed by atoms with Crippen LogP contribution in [0.4, 0.5) is 0 Å². The minimum atomic E-state index is -4.96. The van der Waals surface area contributed by atoms with Crippen LogP contribution in [0.25, 0.3) is 0 Å². The third kappa shape index (κ3) is 73.0. The highest BCUT2D eigenvalue weighted by atomic mass is 31.2. The lowest BCUT2D eigenvalue weighted by atomic mass is 10.00. The van der Waals surface area contributed by atoms with Gasteiger partial charge in [0.1, 0.15) is 19.3 Å². The van der Waals surface area contributed by atoms with Gasteiger partial charge in [0.15, 0.2) is 12.2 Å². The molecule has 19 heteroatoms. The predicted octanol–water partition coefficient (Wildman–Crippen LogP) is 24.3. The first-order valence-corrected chi connectivity index (χ1v) is 45.0. The van der Waals surface area contributed by atoms with Crippen molar-refractivity contribution in [2.24, 2.45) is 11.8 Å². The molecule has 0 heterocycles. The second-order valence-corrected chi connectivity index (χ2v) is 32.8. The lowest BCUT2D eigenvalue weighted by Crippen LogP contribution is -2.30. The second kappa shape index (κ2) is 72.6. The molecule has 0 bridgehead atoms. The lowest BCUT2D eigenvalue weighted by Gasteiger charge is -2.21. The molecular weight excluding hydrogens is 1310 g/mol. The molecule has 3 unspecified atom stereocenters. The monoisotopic (exact) mass is 1470 g/mol. The second-order valence-electron chi connectivity index (χ2n) is 29.9. The molecule has 594 valence electrons. The number of esters is 4. The van der Waals surface area contributed by atoms with Crippen molar-refractivity contribution in [3.63, 3.8) is 0 Å². The summed E-state index contributed by atoms with van der Waals surface area (Å²) in [5.41, 5.74) is 0. The van der Waals surface area contributed by atoms with E-state index in [9.17, 15) is 43.2 Å². The molecule has 17 nitrogen and oxygen atoms in total. The van der Waals surface area contributed by atoms with E-state index in [1.165, 1.54) is 238 Å². The number of phosphoric ester groups is 2. The van der Waals surface area contributed by atoms with Gasteiger partial charge in [0, 0.05) is 25.7 Å². The van der Waals surface area contributed by atoms with E-state index in [0.717, 1.165) is 108 Å². The number of hydrogen-bond acceptors (Lipinski definition) is 15. The van der Waals surface area contributed by atoms with Crippen LogP contribution in [0, 0.1) is 11.8 Å². The van der Waals surface area contributed by atoms with Crippen LogP contribution in [0.15, 0.2) is 0 Å². The Bertz CT molecular complexity index is 1930. The number of carbonyl (C=O) groups excluding carboxylic acids is 4. The predicted molar refractivity (Wildman–Crippen MR) is 409 cm³/mol. The molecule has 0 aromatic carbocycles. The molecule has 0 aliphatic carbocycles. The highest BCUT2D eigenvalue weighted by Crippen LogP contribution is 2.45. The van der Waals surface area contributed by atoms with Crippen LogP contribution in [0.1, 0.15) is 427 Å². The number of carbonyl (C=O) groups is 4. The van der Waals surface area contributed by atoms with Crippen LogP contribution in [0.5, 0.6) is 0 Å². The zero-order valence-corrected chi connectivity index (χ0v) is 67.3. The van der Waals surface area contributed by atoms with Gasteiger partial charge in [0.25, 0.3) is 0 Å². The van der Waals surface area contributed by atoms with E-state index < -0.39 is 97.5 Å². The first-order chi connectivity index (χ1) is 48.4. The molecule has 0 aliphatic heterocycles. The molecule has 0 radical (unpaired) electrons. The van der Waals surface area contributed by atoms with E-state index in [1.807, 2.05) is 0 Å². The van der Waals surface area contributed by atoms with Gasteiger partial charge in [-0.1, -0.05) is 375 Å². The summed E-state index contributed by atoms with van der Waals surface area (Å²) in [7, 11) is -9.92. The fraction of sp³-hybridized carbons (Fsp3) is 0.951. The van der Waals surface area contributed by atoms with E-state index in [2.05, 4.69) is 41.5 Å². The summed E-state index contributed by atoms with van der Waals surface area (Å²) < 4.78 is 68.7. The van der Waals surface area contributed by atoms with Crippen LogP contribution in [-0.2, 0) is 65.4 Å². The average Bonchev–Trinajstić information content (AvgIpc) is 1.01. The van der Waals surface area contributed by atoms with Crippen molar-refractivity contribution < 1.29 is 80.2 Å². The van der Waals surface area contributed by atoms with Gasteiger partial charge in [-0.3, -0.25) is 37.3 Å². The zero-order chi connectivity index (χ0) is 73.5. The average molecular weight is 1470 g/mol. The van der Waals surface area contributed by atoms with Gasteiger partial charge < -0.3 is 33.8 Å². The lowest BCUT2D eigenvalue weighted by molar-refractivity contribution is -0.161. The minimum Gasteiger partial charge on any atom is -0.462 e. The number of aliphatic hydroxyl groups is 1. The summed E-state index contributed by atoms with van der Waals surface area (Å²) in [5.74, 6) is -0.568.